The lowest BCUT2D eigenvalue weighted by Gasteiger charge is -2.04. The van der Waals surface area contributed by atoms with Crippen molar-refractivity contribution in [2.24, 2.45) is 12.8 Å². The molecule has 0 aliphatic heterocycles. The van der Waals surface area contributed by atoms with Crippen LogP contribution in [-0.2, 0) is 12.8 Å². The van der Waals surface area contributed by atoms with Gasteiger partial charge in [0.25, 0.3) is 0 Å². The van der Waals surface area contributed by atoms with Crippen LogP contribution in [0.25, 0.3) is 0 Å². The highest BCUT2D eigenvalue weighted by Gasteiger charge is 2.06. The molecular formula is C12H13FN4S. The fourth-order valence-corrected chi connectivity index (χ4v) is 2.37. The van der Waals surface area contributed by atoms with Gasteiger partial charge in [0.1, 0.15) is 11.7 Å². The summed E-state index contributed by atoms with van der Waals surface area (Å²) in [5.41, 5.74) is 6.30. The van der Waals surface area contributed by atoms with E-state index in [1.165, 1.54) is 17.8 Å². The SMILES string of the molecule is Cn1cc(SCc2ccc(C(=N)N)cc2F)cn1. The predicted molar refractivity (Wildman–Crippen MR) is 70.2 cm³/mol. The zero-order valence-electron chi connectivity index (χ0n) is 9.85. The number of benzene rings is 1. The Morgan fingerprint density at radius 1 is 1.56 bits per heavy atom. The largest absolute Gasteiger partial charge is 0.384 e. The van der Waals surface area contributed by atoms with Gasteiger partial charge >= 0.3 is 0 Å². The monoisotopic (exact) mass is 264 g/mol. The average molecular weight is 264 g/mol. The van der Waals surface area contributed by atoms with Crippen molar-refractivity contribution in [2.45, 2.75) is 10.6 Å². The zero-order valence-corrected chi connectivity index (χ0v) is 10.7. The highest BCUT2D eigenvalue weighted by Crippen LogP contribution is 2.23. The lowest BCUT2D eigenvalue weighted by Crippen LogP contribution is -2.11. The van der Waals surface area contributed by atoms with Crippen LogP contribution in [0.2, 0.25) is 0 Å². The Morgan fingerprint density at radius 2 is 2.33 bits per heavy atom. The van der Waals surface area contributed by atoms with E-state index in [4.69, 9.17) is 11.1 Å². The van der Waals surface area contributed by atoms with Crippen LogP contribution in [0.1, 0.15) is 11.1 Å². The summed E-state index contributed by atoms with van der Waals surface area (Å²) < 4.78 is 15.4. The second-order valence-corrected chi connectivity index (χ2v) is 4.91. The highest BCUT2D eigenvalue weighted by atomic mass is 32.2. The first-order valence-electron chi connectivity index (χ1n) is 5.30. The number of nitrogens with zero attached hydrogens (tertiary/aromatic N) is 2. The first-order valence-corrected chi connectivity index (χ1v) is 6.29. The quantitative estimate of drug-likeness (QED) is 0.505. The summed E-state index contributed by atoms with van der Waals surface area (Å²) in [5, 5.41) is 11.3. The number of aromatic nitrogens is 2. The van der Waals surface area contributed by atoms with Crippen molar-refractivity contribution in [1.29, 1.82) is 5.41 Å². The van der Waals surface area contributed by atoms with Crippen LogP contribution in [-0.4, -0.2) is 15.6 Å². The van der Waals surface area contributed by atoms with E-state index in [1.807, 2.05) is 13.2 Å². The molecule has 0 fully saturated rings. The number of rotatable bonds is 4. The maximum absolute atomic E-state index is 13.7. The Morgan fingerprint density at radius 3 is 2.89 bits per heavy atom. The molecule has 0 radical (unpaired) electrons. The standard InChI is InChI=1S/C12H13FN4S/c1-17-6-10(5-16-17)18-7-9-3-2-8(12(14)15)4-11(9)13/h2-6H,7H2,1H3,(H3,14,15). The molecule has 2 aromatic rings. The fraction of sp³-hybridized carbons (Fsp3) is 0.167. The molecule has 1 aromatic heterocycles. The molecule has 4 nitrogen and oxygen atoms in total. The van der Waals surface area contributed by atoms with E-state index < -0.39 is 0 Å². The first kappa shape index (κ1) is 12.6. The van der Waals surface area contributed by atoms with Crippen LogP contribution >= 0.6 is 11.8 Å². The fourth-order valence-electron chi connectivity index (χ4n) is 1.47. The van der Waals surface area contributed by atoms with Gasteiger partial charge in [0.2, 0.25) is 0 Å². The summed E-state index contributed by atoms with van der Waals surface area (Å²) in [7, 11) is 1.84. The Labute approximate surface area is 109 Å². The van der Waals surface area contributed by atoms with Crippen LogP contribution in [0.15, 0.2) is 35.5 Å². The van der Waals surface area contributed by atoms with E-state index >= 15 is 0 Å². The third-order valence-electron chi connectivity index (χ3n) is 2.44. The normalized spacial score (nSPS) is 10.6. The molecule has 1 heterocycles. The second-order valence-electron chi connectivity index (χ2n) is 3.86. The van der Waals surface area contributed by atoms with Crippen molar-refractivity contribution in [3.05, 3.63) is 47.5 Å². The van der Waals surface area contributed by atoms with Crippen molar-refractivity contribution >= 4 is 17.6 Å². The number of amidine groups is 1. The molecule has 0 amide bonds. The summed E-state index contributed by atoms with van der Waals surface area (Å²) in [6.07, 6.45) is 3.62. The minimum atomic E-state index is -0.334. The Bertz CT molecular complexity index is 579. The molecule has 0 saturated carbocycles. The van der Waals surface area contributed by atoms with E-state index in [9.17, 15) is 4.39 Å². The summed E-state index contributed by atoms with van der Waals surface area (Å²) in [4.78, 5) is 0.993. The molecule has 0 saturated heterocycles. The highest BCUT2D eigenvalue weighted by molar-refractivity contribution is 7.98. The Kier molecular flexibility index (Phi) is 3.66. The van der Waals surface area contributed by atoms with Gasteiger partial charge in [-0.2, -0.15) is 5.10 Å². The van der Waals surface area contributed by atoms with E-state index in [1.54, 1.807) is 23.0 Å². The molecule has 0 spiro atoms. The lowest BCUT2D eigenvalue weighted by molar-refractivity contribution is 0.617. The average Bonchev–Trinajstić information content (AvgIpc) is 2.73. The summed E-state index contributed by atoms with van der Waals surface area (Å²) in [5.74, 6) is 0.0647. The van der Waals surface area contributed by atoms with E-state index in [0.29, 0.717) is 16.9 Å². The van der Waals surface area contributed by atoms with Crippen LogP contribution in [0.5, 0.6) is 0 Å². The van der Waals surface area contributed by atoms with Crippen molar-refractivity contribution < 1.29 is 4.39 Å². The van der Waals surface area contributed by atoms with E-state index in [0.717, 1.165) is 4.90 Å². The number of nitrogens with one attached hydrogen (secondary N) is 1. The van der Waals surface area contributed by atoms with Crippen LogP contribution in [0, 0.1) is 11.2 Å². The number of halogens is 1. The maximum atomic E-state index is 13.7. The molecule has 0 bridgehead atoms. The van der Waals surface area contributed by atoms with Gasteiger partial charge in [0.05, 0.1) is 6.20 Å². The van der Waals surface area contributed by atoms with Crippen molar-refractivity contribution in [2.75, 3.05) is 0 Å². The van der Waals surface area contributed by atoms with Crippen LogP contribution in [0.4, 0.5) is 4.39 Å². The van der Waals surface area contributed by atoms with Gasteiger partial charge in [0, 0.05) is 29.5 Å². The van der Waals surface area contributed by atoms with Gasteiger partial charge in [0.15, 0.2) is 0 Å². The molecule has 94 valence electrons. The molecule has 3 N–H and O–H groups in total. The molecule has 2 rings (SSSR count). The first-order chi connectivity index (χ1) is 8.56. The van der Waals surface area contributed by atoms with Crippen molar-refractivity contribution in [1.82, 2.24) is 9.78 Å². The number of aryl methyl sites for hydroxylation is 1. The molecule has 1 aromatic carbocycles. The van der Waals surface area contributed by atoms with Gasteiger partial charge in [-0.1, -0.05) is 12.1 Å². The number of hydrogen-bond acceptors (Lipinski definition) is 3. The molecule has 0 atom stereocenters. The number of hydrogen-bond donors (Lipinski definition) is 2. The van der Waals surface area contributed by atoms with Crippen molar-refractivity contribution in [3.63, 3.8) is 0 Å². The molecule has 6 heteroatoms. The van der Waals surface area contributed by atoms with Gasteiger partial charge in [-0.15, -0.1) is 11.8 Å². The molecular weight excluding hydrogens is 251 g/mol. The van der Waals surface area contributed by atoms with Crippen LogP contribution in [0.3, 0.4) is 0 Å². The number of nitrogens with two attached hydrogens (primary N) is 1. The third-order valence-corrected chi connectivity index (χ3v) is 3.44. The van der Waals surface area contributed by atoms with Gasteiger partial charge in [-0.05, 0) is 11.6 Å². The number of nitrogen functional groups attached to an aromatic ring is 1. The smallest absolute Gasteiger partial charge is 0.127 e. The molecule has 0 aliphatic carbocycles. The summed E-state index contributed by atoms with van der Waals surface area (Å²) >= 11 is 1.51. The molecule has 18 heavy (non-hydrogen) atoms. The number of thioether (sulfide) groups is 1. The summed E-state index contributed by atoms with van der Waals surface area (Å²) in [6, 6.07) is 4.61. The Balaban J connectivity index is 2.08. The lowest BCUT2D eigenvalue weighted by atomic mass is 10.1. The zero-order chi connectivity index (χ0) is 13.1. The second kappa shape index (κ2) is 5.22. The predicted octanol–water partition coefficient (Wildman–Crippen LogP) is 2.14. The van der Waals surface area contributed by atoms with E-state index in [2.05, 4.69) is 5.10 Å². The van der Waals surface area contributed by atoms with Crippen molar-refractivity contribution in [3.8, 4) is 0 Å². The van der Waals surface area contributed by atoms with Gasteiger partial charge < -0.3 is 5.73 Å². The molecule has 0 aliphatic rings. The third kappa shape index (κ3) is 2.89. The minimum absolute atomic E-state index is 0.125. The van der Waals surface area contributed by atoms with Gasteiger partial charge in [-0.3, -0.25) is 10.1 Å². The Hall–Kier alpha value is -1.82. The minimum Gasteiger partial charge on any atom is -0.384 e. The topological polar surface area (TPSA) is 67.7 Å². The molecule has 0 unspecified atom stereocenters. The summed E-state index contributed by atoms with van der Waals surface area (Å²) in [6.45, 7) is 0. The van der Waals surface area contributed by atoms with Crippen LogP contribution < -0.4 is 5.73 Å². The van der Waals surface area contributed by atoms with Gasteiger partial charge in [-0.25, -0.2) is 4.39 Å². The van der Waals surface area contributed by atoms with E-state index in [-0.39, 0.29) is 11.7 Å². The maximum Gasteiger partial charge on any atom is 0.127 e.